The SMILES string of the molecule is CNCCc1nc(C(=O)O)c2cccc(Br)n12. The first-order chi connectivity index (χ1) is 8.15. The van der Waals surface area contributed by atoms with Gasteiger partial charge in [0.2, 0.25) is 0 Å². The molecule has 2 aromatic heterocycles. The maximum Gasteiger partial charge on any atom is 0.356 e. The van der Waals surface area contributed by atoms with Crippen LogP contribution in [0.2, 0.25) is 0 Å². The molecule has 0 spiro atoms. The molecule has 0 radical (unpaired) electrons. The van der Waals surface area contributed by atoms with Crippen molar-refractivity contribution >= 4 is 27.4 Å². The van der Waals surface area contributed by atoms with Crippen molar-refractivity contribution in [3.8, 4) is 0 Å². The molecule has 0 amide bonds. The zero-order chi connectivity index (χ0) is 12.4. The molecule has 2 N–H and O–H groups in total. The number of aromatic carboxylic acids is 1. The normalized spacial score (nSPS) is 10.9. The van der Waals surface area contributed by atoms with Gasteiger partial charge in [0.25, 0.3) is 0 Å². The molecule has 0 aliphatic rings. The molecule has 0 fully saturated rings. The molecule has 90 valence electrons. The number of hydrogen-bond donors (Lipinski definition) is 2. The van der Waals surface area contributed by atoms with E-state index in [9.17, 15) is 4.79 Å². The predicted molar refractivity (Wildman–Crippen MR) is 67.5 cm³/mol. The number of fused-ring (bicyclic) bond motifs is 1. The van der Waals surface area contributed by atoms with Crippen molar-refractivity contribution in [2.75, 3.05) is 13.6 Å². The Balaban J connectivity index is 2.63. The van der Waals surface area contributed by atoms with Crippen LogP contribution in [-0.2, 0) is 6.42 Å². The molecule has 6 heteroatoms. The van der Waals surface area contributed by atoms with E-state index >= 15 is 0 Å². The van der Waals surface area contributed by atoms with Gasteiger partial charge in [-0.1, -0.05) is 6.07 Å². The number of imidazole rings is 1. The minimum absolute atomic E-state index is 0.0948. The van der Waals surface area contributed by atoms with Crippen molar-refractivity contribution in [2.45, 2.75) is 6.42 Å². The molecule has 0 unspecified atom stereocenters. The molecule has 0 aliphatic heterocycles. The second-order valence-electron chi connectivity index (χ2n) is 3.60. The lowest BCUT2D eigenvalue weighted by atomic mass is 10.3. The van der Waals surface area contributed by atoms with Crippen LogP contribution in [0, 0.1) is 0 Å². The van der Waals surface area contributed by atoms with E-state index in [-0.39, 0.29) is 5.69 Å². The number of aromatic nitrogens is 2. The Labute approximate surface area is 107 Å². The van der Waals surface area contributed by atoms with E-state index in [0.717, 1.165) is 17.0 Å². The highest BCUT2D eigenvalue weighted by Gasteiger charge is 2.17. The van der Waals surface area contributed by atoms with Crippen LogP contribution < -0.4 is 5.32 Å². The van der Waals surface area contributed by atoms with Gasteiger partial charge in [-0.15, -0.1) is 0 Å². The molecular formula is C11H12BrN3O2. The van der Waals surface area contributed by atoms with Gasteiger partial charge in [-0.2, -0.15) is 0 Å². The molecule has 17 heavy (non-hydrogen) atoms. The maximum absolute atomic E-state index is 11.1. The monoisotopic (exact) mass is 297 g/mol. The first kappa shape index (κ1) is 12.1. The van der Waals surface area contributed by atoms with Crippen molar-refractivity contribution in [1.82, 2.24) is 14.7 Å². The lowest BCUT2D eigenvalue weighted by molar-refractivity contribution is 0.0693. The molecule has 2 aromatic rings. The molecule has 0 saturated heterocycles. The van der Waals surface area contributed by atoms with Crippen LogP contribution in [0.1, 0.15) is 16.3 Å². The lowest BCUT2D eigenvalue weighted by Crippen LogP contribution is -2.12. The third kappa shape index (κ3) is 2.18. The van der Waals surface area contributed by atoms with Gasteiger partial charge in [0, 0.05) is 13.0 Å². The highest BCUT2D eigenvalue weighted by Crippen LogP contribution is 2.20. The average molecular weight is 298 g/mol. The topological polar surface area (TPSA) is 66.6 Å². The zero-order valence-corrected chi connectivity index (χ0v) is 10.9. The number of nitrogens with one attached hydrogen (secondary N) is 1. The van der Waals surface area contributed by atoms with Crippen molar-refractivity contribution in [2.24, 2.45) is 0 Å². The van der Waals surface area contributed by atoms with Crippen molar-refractivity contribution in [3.05, 3.63) is 34.3 Å². The molecule has 0 atom stereocenters. The number of rotatable bonds is 4. The van der Waals surface area contributed by atoms with E-state index in [1.165, 1.54) is 0 Å². The fourth-order valence-electron chi connectivity index (χ4n) is 1.73. The number of nitrogens with zero attached hydrogens (tertiary/aromatic N) is 2. The largest absolute Gasteiger partial charge is 0.476 e. The Morgan fingerprint density at radius 3 is 3.00 bits per heavy atom. The number of carboxylic acid groups (broad SMARTS) is 1. The second kappa shape index (κ2) is 4.85. The fourth-order valence-corrected chi connectivity index (χ4v) is 2.28. The molecule has 0 aliphatic carbocycles. The second-order valence-corrected chi connectivity index (χ2v) is 4.42. The fraction of sp³-hybridized carbons (Fsp3) is 0.273. The van der Waals surface area contributed by atoms with Crippen molar-refractivity contribution in [1.29, 1.82) is 0 Å². The smallest absolute Gasteiger partial charge is 0.356 e. The Kier molecular flexibility index (Phi) is 3.44. The molecule has 5 nitrogen and oxygen atoms in total. The Morgan fingerprint density at radius 2 is 2.35 bits per heavy atom. The summed E-state index contributed by atoms with van der Waals surface area (Å²) in [4.78, 5) is 15.3. The van der Waals surface area contributed by atoms with Gasteiger partial charge in [-0.3, -0.25) is 4.40 Å². The molecule has 0 aromatic carbocycles. The summed E-state index contributed by atoms with van der Waals surface area (Å²) in [6.45, 7) is 0.750. The molecule has 0 saturated carbocycles. The van der Waals surface area contributed by atoms with Crippen LogP contribution in [0.3, 0.4) is 0 Å². The van der Waals surface area contributed by atoms with E-state index in [0.29, 0.717) is 11.9 Å². The first-order valence-electron chi connectivity index (χ1n) is 5.19. The van der Waals surface area contributed by atoms with E-state index < -0.39 is 5.97 Å². The number of carbonyl (C=O) groups is 1. The summed E-state index contributed by atoms with van der Waals surface area (Å²) in [5.41, 5.74) is 0.704. The first-order valence-corrected chi connectivity index (χ1v) is 5.98. The summed E-state index contributed by atoms with van der Waals surface area (Å²) in [7, 11) is 1.85. The maximum atomic E-state index is 11.1. The third-order valence-corrected chi connectivity index (χ3v) is 3.10. The minimum atomic E-state index is -1.00. The average Bonchev–Trinajstić information content (AvgIpc) is 2.67. The number of likely N-dealkylation sites (N-methyl/N-ethyl adjacent to an activating group) is 1. The number of hydrogen-bond acceptors (Lipinski definition) is 3. The van der Waals surface area contributed by atoms with Gasteiger partial charge in [0.15, 0.2) is 5.69 Å². The Morgan fingerprint density at radius 1 is 1.59 bits per heavy atom. The van der Waals surface area contributed by atoms with Gasteiger partial charge in [-0.25, -0.2) is 9.78 Å². The van der Waals surface area contributed by atoms with Crippen molar-refractivity contribution < 1.29 is 9.90 Å². The van der Waals surface area contributed by atoms with E-state index in [1.807, 2.05) is 17.5 Å². The zero-order valence-electron chi connectivity index (χ0n) is 9.27. The van der Waals surface area contributed by atoms with E-state index in [2.05, 4.69) is 26.2 Å². The summed E-state index contributed by atoms with van der Waals surface area (Å²) in [6.07, 6.45) is 0.674. The van der Waals surface area contributed by atoms with Crippen molar-refractivity contribution in [3.63, 3.8) is 0 Å². The van der Waals surface area contributed by atoms with Gasteiger partial charge >= 0.3 is 5.97 Å². The van der Waals surface area contributed by atoms with Crippen LogP contribution in [0.15, 0.2) is 22.8 Å². The lowest BCUT2D eigenvalue weighted by Gasteiger charge is -2.02. The highest BCUT2D eigenvalue weighted by molar-refractivity contribution is 9.10. The standard InChI is InChI=1S/C11H12BrN3O2/c1-13-6-5-9-14-10(11(16)17)7-3-2-4-8(12)15(7)9/h2-4,13H,5-6H2,1H3,(H,16,17). The number of halogens is 1. The van der Waals surface area contributed by atoms with Crippen LogP contribution in [-0.4, -0.2) is 34.1 Å². The Bertz CT molecular complexity index is 565. The summed E-state index contributed by atoms with van der Waals surface area (Å²) in [5, 5.41) is 12.1. The third-order valence-electron chi connectivity index (χ3n) is 2.49. The highest BCUT2D eigenvalue weighted by atomic mass is 79.9. The predicted octanol–water partition coefficient (Wildman–Crippen LogP) is 1.56. The van der Waals surface area contributed by atoms with E-state index in [4.69, 9.17) is 5.11 Å². The molecule has 0 bridgehead atoms. The molecule has 2 heterocycles. The van der Waals surface area contributed by atoms with Crippen LogP contribution in [0.25, 0.3) is 5.52 Å². The molecule has 2 rings (SSSR count). The van der Waals surface area contributed by atoms with Crippen LogP contribution in [0.4, 0.5) is 0 Å². The number of carboxylic acids is 1. The Hall–Kier alpha value is -1.40. The summed E-state index contributed by atoms with van der Waals surface area (Å²) >= 11 is 3.41. The summed E-state index contributed by atoms with van der Waals surface area (Å²) in [6, 6.07) is 5.42. The number of pyridine rings is 1. The van der Waals surface area contributed by atoms with Gasteiger partial charge < -0.3 is 10.4 Å². The van der Waals surface area contributed by atoms with E-state index in [1.54, 1.807) is 12.1 Å². The molecular weight excluding hydrogens is 286 g/mol. The van der Waals surface area contributed by atoms with Gasteiger partial charge in [0.1, 0.15) is 5.82 Å². The quantitative estimate of drug-likeness (QED) is 0.841. The summed E-state index contributed by atoms with van der Waals surface area (Å²) < 4.78 is 2.63. The van der Waals surface area contributed by atoms with Crippen LogP contribution >= 0.6 is 15.9 Å². The van der Waals surface area contributed by atoms with Gasteiger partial charge in [0.05, 0.1) is 10.1 Å². The minimum Gasteiger partial charge on any atom is -0.476 e. The summed E-state index contributed by atoms with van der Waals surface area (Å²) in [5.74, 6) is -0.268. The van der Waals surface area contributed by atoms with Crippen LogP contribution in [0.5, 0.6) is 0 Å². The van der Waals surface area contributed by atoms with Gasteiger partial charge in [-0.05, 0) is 35.1 Å².